The number of hydrogen-bond donors (Lipinski definition) is 2. The molecule has 1 atom stereocenters. The van der Waals surface area contributed by atoms with E-state index in [4.69, 9.17) is 5.11 Å². The lowest BCUT2D eigenvalue weighted by Crippen LogP contribution is -2.34. The highest BCUT2D eigenvalue weighted by molar-refractivity contribution is 5.69. The van der Waals surface area contributed by atoms with Crippen LogP contribution in [0.25, 0.3) is 0 Å². The Labute approximate surface area is 149 Å². The number of carboxylic acids is 1. The Balaban J connectivity index is 0.000000299. The van der Waals surface area contributed by atoms with E-state index in [0.717, 1.165) is 38.9 Å². The molecule has 1 saturated heterocycles. The van der Waals surface area contributed by atoms with Crippen LogP contribution in [-0.2, 0) is 16.1 Å². The minimum absolute atomic E-state index is 0.0645. The number of isocyanates is 1. The van der Waals surface area contributed by atoms with Crippen molar-refractivity contribution in [3.8, 4) is 0 Å². The van der Waals surface area contributed by atoms with Gasteiger partial charge in [-0.05, 0) is 31.7 Å². The van der Waals surface area contributed by atoms with E-state index in [-0.39, 0.29) is 12.6 Å². The van der Waals surface area contributed by atoms with Crippen molar-refractivity contribution in [2.75, 3.05) is 19.6 Å². The quantitative estimate of drug-likeness (QED) is 0.585. The molecule has 0 amide bonds. The minimum Gasteiger partial charge on any atom is -0.480 e. The van der Waals surface area contributed by atoms with Gasteiger partial charge in [0, 0.05) is 25.7 Å². The van der Waals surface area contributed by atoms with E-state index < -0.39 is 5.97 Å². The Morgan fingerprint density at radius 1 is 1.36 bits per heavy atom. The number of piperidine rings is 1. The zero-order valence-corrected chi connectivity index (χ0v) is 15.1. The van der Waals surface area contributed by atoms with Gasteiger partial charge in [-0.15, -0.1) is 0 Å². The highest BCUT2D eigenvalue weighted by Crippen LogP contribution is 2.15. The van der Waals surface area contributed by atoms with Crippen molar-refractivity contribution >= 4 is 12.0 Å². The van der Waals surface area contributed by atoms with Crippen molar-refractivity contribution in [2.24, 2.45) is 4.99 Å². The molecule has 1 fully saturated rings. The van der Waals surface area contributed by atoms with E-state index in [1.54, 1.807) is 6.08 Å². The second-order valence-electron chi connectivity index (χ2n) is 6.30. The predicted octanol–water partition coefficient (Wildman–Crippen LogP) is 2.45. The van der Waals surface area contributed by atoms with E-state index in [1.165, 1.54) is 5.56 Å². The number of carbonyl (C=O) groups is 1. The molecule has 0 bridgehead atoms. The van der Waals surface area contributed by atoms with Crippen LogP contribution in [0.5, 0.6) is 0 Å². The number of likely N-dealkylation sites (tertiary alicyclic amines) is 1. The van der Waals surface area contributed by atoms with Gasteiger partial charge < -0.3 is 10.4 Å². The molecular weight excluding hydrogens is 318 g/mol. The summed E-state index contributed by atoms with van der Waals surface area (Å²) in [5, 5.41) is 11.0. The van der Waals surface area contributed by atoms with Gasteiger partial charge in [0.15, 0.2) is 0 Å². The normalized spacial score (nSPS) is 16.2. The largest absolute Gasteiger partial charge is 0.480 e. The Morgan fingerprint density at radius 3 is 2.52 bits per heavy atom. The van der Waals surface area contributed by atoms with Crippen LogP contribution in [0.1, 0.15) is 38.7 Å². The number of hydrogen-bond acceptors (Lipinski definition) is 5. The van der Waals surface area contributed by atoms with Crippen molar-refractivity contribution in [3.05, 3.63) is 35.9 Å². The summed E-state index contributed by atoms with van der Waals surface area (Å²) < 4.78 is 0. The molecule has 6 nitrogen and oxygen atoms in total. The molecule has 138 valence electrons. The standard InChI is InChI=1S/C13H16N2O.C6H13NO2/c16-11-14-13-6-8-15(9-7-13)10-12-4-2-1-3-5-12;1-3-5(2)7-4-6(8)9/h1-5,13H,6-10H2;5,7H,3-4H2,1-2H3,(H,8,9). The average Bonchev–Trinajstić information content (AvgIpc) is 2.63. The fraction of sp³-hybridized carbons (Fsp3) is 0.579. The average molecular weight is 347 g/mol. The summed E-state index contributed by atoms with van der Waals surface area (Å²) in [6.07, 6.45) is 4.57. The second kappa shape index (κ2) is 12.4. The maximum atomic E-state index is 10.1. The van der Waals surface area contributed by atoms with Crippen LogP contribution >= 0.6 is 0 Å². The topological polar surface area (TPSA) is 82.0 Å². The van der Waals surface area contributed by atoms with Crippen molar-refractivity contribution in [1.29, 1.82) is 0 Å². The third-order valence-electron chi connectivity index (χ3n) is 4.26. The molecule has 6 heteroatoms. The predicted molar refractivity (Wildman–Crippen MR) is 98.3 cm³/mol. The maximum Gasteiger partial charge on any atom is 0.317 e. The molecule has 0 radical (unpaired) electrons. The highest BCUT2D eigenvalue weighted by atomic mass is 16.4. The molecule has 1 heterocycles. The number of carboxylic acid groups (broad SMARTS) is 1. The van der Waals surface area contributed by atoms with Gasteiger partial charge in [-0.1, -0.05) is 37.3 Å². The van der Waals surface area contributed by atoms with Gasteiger partial charge >= 0.3 is 5.97 Å². The van der Waals surface area contributed by atoms with Crippen LogP contribution in [0, 0.1) is 0 Å². The number of aliphatic carboxylic acids is 1. The number of nitrogens with zero attached hydrogens (tertiary/aromatic N) is 2. The highest BCUT2D eigenvalue weighted by Gasteiger charge is 2.18. The molecule has 2 rings (SSSR count). The summed E-state index contributed by atoms with van der Waals surface area (Å²) in [4.78, 5) is 26.3. The SMILES string of the molecule is CCC(C)NCC(=O)O.O=C=NC1CCN(Cc2ccccc2)CC1. The summed E-state index contributed by atoms with van der Waals surface area (Å²) >= 11 is 0. The molecule has 25 heavy (non-hydrogen) atoms. The summed E-state index contributed by atoms with van der Waals surface area (Å²) in [6, 6.07) is 11.0. The zero-order valence-electron chi connectivity index (χ0n) is 15.1. The molecular formula is C19H29N3O3. The summed E-state index contributed by atoms with van der Waals surface area (Å²) in [5.41, 5.74) is 1.35. The van der Waals surface area contributed by atoms with Gasteiger partial charge in [-0.2, -0.15) is 0 Å². The number of carbonyl (C=O) groups excluding carboxylic acids is 1. The molecule has 1 unspecified atom stereocenters. The Hall–Kier alpha value is -2.01. The summed E-state index contributed by atoms with van der Waals surface area (Å²) in [6.45, 7) is 7.07. The zero-order chi connectivity index (χ0) is 18.5. The lowest BCUT2D eigenvalue weighted by atomic mass is 10.1. The number of benzene rings is 1. The first kappa shape index (κ1) is 21.0. The first-order valence-electron chi connectivity index (χ1n) is 8.83. The molecule has 0 aliphatic carbocycles. The van der Waals surface area contributed by atoms with Gasteiger partial charge in [0.25, 0.3) is 0 Å². The van der Waals surface area contributed by atoms with Crippen molar-refractivity contribution in [3.63, 3.8) is 0 Å². The Kier molecular flexibility index (Phi) is 10.4. The van der Waals surface area contributed by atoms with Gasteiger partial charge in [0.05, 0.1) is 12.6 Å². The third-order valence-corrected chi connectivity index (χ3v) is 4.26. The lowest BCUT2D eigenvalue weighted by molar-refractivity contribution is -0.136. The van der Waals surface area contributed by atoms with Crippen LogP contribution in [0.15, 0.2) is 35.3 Å². The first-order valence-corrected chi connectivity index (χ1v) is 8.83. The minimum atomic E-state index is -0.796. The molecule has 1 aliphatic heterocycles. The Bertz CT molecular complexity index is 536. The van der Waals surface area contributed by atoms with Gasteiger partial charge in [-0.3, -0.25) is 9.69 Å². The fourth-order valence-electron chi connectivity index (χ4n) is 2.53. The molecule has 1 aromatic rings. The smallest absolute Gasteiger partial charge is 0.317 e. The number of rotatable bonds is 7. The number of nitrogens with one attached hydrogen (secondary N) is 1. The van der Waals surface area contributed by atoms with E-state index >= 15 is 0 Å². The van der Waals surface area contributed by atoms with Crippen LogP contribution in [0.4, 0.5) is 0 Å². The van der Waals surface area contributed by atoms with Crippen molar-refractivity contribution < 1.29 is 14.7 Å². The molecule has 2 N–H and O–H groups in total. The fourth-order valence-corrected chi connectivity index (χ4v) is 2.53. The van der Waals surface area contributed by atoms with Crippen molar-refractivity contribution in [1.82, 2.24) is 10.2 Å². The molecule has 0 saturated carbocycles. The third kappa shape index (κ3) is 9.77. The van der Waals surface area contributed by atoms with Crippen molar-refractivity contribution in [2.45, 2.75) is 51.7 Å². The first-order chi connectivity index (χ1) is 12.0. The summed E-state index contributed by atoms with van der Waals surface area (Å²) in [7, 11) is 0. The lowest BCUT2D eigenvalue weighted by Gasteiger charge is -2.29. The van der Waals surface area contributed by atoms with Gasteiger partial charge in [-0.25, -0.2) is 9.79 Å². The van der Waals surface area contributed by atoms with E-state index in [1.807, 2.05) is 19.9 Å². The maximum absolute atomic E-state index is 10.1. The van der Waals surface area contributed by atoms with Crippen LogP contribution < -0.4 is 5.32 Å². The molecule has 1 aliphatic rings. The number of aliphatic imine (C=N–C) groups is 1. The van der Waals surface area contributed by atoms with Gasteiger partial charge in [0.1, 0.15) is 0 Å². The monoisotopic (exact) mass is 347 g/mol. The van der Waals surface area contributed by atoms with E-state index in [9.17, 15) is 9.59 Å². The van der Waals surface area contributed by atoms with E-state index in [0.29, 0.717) is 6.04 Å². The van der Waals surface area contributed by atoms with E-state index in [2.05, 4.69) is 39.5 Å². The Morgan fingerprint density at radius 2 is 2.00 bits per heavy atom. The van der Waals surface area contributed by atoms with Crippen LogP contribution in [-0.4, -0.2) is 53.8 Å². The molecule has 1 aromatic carbocycles. The molecule has 0 aromatic heterocycles. The molecule has 0 spiro atoms. The summed E-state index contributed by atoms with van der Waals surface area (Å²) in [5.74, 6) is -0.796. The van der Waals surface area contributed by atoms with Gasteiger partial charge in [0.2, 0.25) is 6.08 Å². The second-order valence-corrected chi connectivity index (χ2v) is 6.30. The van der Waals surface area contributed by atoms with Crippen LogP contribution in [0.3, 0.4) is 0 Å². The van der Waals surface area contributed by atoms with Crippen LogP contribution in [0.2, 0.25) is 0 Å².